The molecule has 2 aromatic carbocycles. The summed E-state index contributed by atoms with van der Waals surface area (Å²) in [5.41, 5.74) is 3.27. The van der Waals surface area contributed by atoms with E-state index in [4.69, 9.17) is 9.84 Å². The van der Waals surface area contributed by atoms with Gasteiger partial charge in [0.2, 0.25) is 0 Å². The maximum Gasteiger partial charge on any atom is 0.326 e. The number of carboxylic acids is 1. The van der Waals surface area contributed by atoms with E-state index in [1.807, 2.05) is 30.9 Å². The van der Waals surface area contributed by atoms with E-state index in [0.717, 1.165) is 42.4 Å². The second-order valence-corrected chi connectivity index (χ2v) is 9.25. The highest BCUT2D eigenvalue weighted by atomic mass is 19.1. The van der Waals surface area contributed by atoms with Crippen molar-refractivity contribution in [2.45, 2.75) is 65.3 Å². The lowest BCUT2D eigenvalue weighted by Gasteiger charge is -2.25. The van der Waals surface area contributed by atoms with Crippen LogP contribution in [0.1, 0.15) is 77.3 Å². The average molecular weight is 514 g/mol. The van der Waals surface area contributed by atoms with Gasteiger partial charge < -0.3 is 14.7 Å². The topological polar surface area (TPSA) is 101 Å². The monoisotopic (exact) mass is 513 g/mol. The second-order valence-electron chi connectivity index (χ2n) is 9.25. The quantitative estimate of drug-likeness (QED) is 0.399. The van der Waals surface area contributed by atoms with E-state index < -0.39 is 17.8 Å². The Labute approximate surface area is 217 Å². The Hall–Kier alpha value is -3.55. The first-order valence-corrected chi connectivity index (χ1v) is 12.6. The van der Waals surface area contributed by atoms with Crippen LogP contribution in [0.4, 0.5) is 10.1 Å². The van der Waals surface area contributed by atoms with Crippen molar-refractivity contribution in [3.8, 4) is 0 Å². The molecule has 0 bridgehead atoms. The molecule has 2 fully saturated rings. The van der Waals surface area contributed by atoms with Crippen molar-refractivity contribution in [3.05, 3.63) is 64.5 Å². The highest BCUT2D eigenvalue weighted by Crippen LogP contribution is 2.29. The fourth-order valence-corrected chi connectivity index (χ4v) is 4.46. The van der Waals surface area contributed by atoms with Crippen LogP contribution in [0.15, 0.2) is 36.4 Å². The first-order chi connectivity index (χ1) is 17.7. The van der Waals surface area contributed by atoms with Gasteiger partial charge >= 0.3 is 11.9 Å². The minimum Gasteiger partial charge on any atom is -0.480 e. The van der Waals surface area contributed by atoms with Crippen LogP contribution >= 0.6 is 0 Å². The van der Waals surface area contributed by atoms with Crippen LogP contribution in [0.2, 0.25) is 0 Å². The third kappa shape index (κ3) is 8.81. The van der Waals surface area contributed by atoms with Gasteiger partial charge in [-0.05, 0) is 81.8 Å². The lowest BCUT2D eigenvalue weighted by atomic mass is 10.1. The molecule has 200 valence electrons. The van der Waals surface area contributed by atoms with Crippen molar-refractivity contribution in [3.63, 3.8) is 0 Å². The number of hydrogen-bond donors (Lipinski definition) is 1. The maximum absolute atomic E-state index is 12.6. The standard InChI is InChI=1S/C13H15NO3.C8H7FO.C8H14O2/c1-9-4-5-10(8-15)12(7-9)14-6-2-3-11(14)13(16)17;1-6-2-3-7(5-10)8(9)4-6;1-2-10-8(9)7-5-3-4-6-7/h4-5,7-8,11H,2-3,6H2,1H3,(H,16,17);2-5H,1H3;7H,2-6H2,1H3. The fourth-order valence-electron chi connectivity index (χ4n) is 4.46. The molecule has 2 aromatic rings. The molecule has 1 unspecified atom stereocenters. The number of carboxylic acid groups (broad SMARTS) is 1. The van der Waals surface area contributed by atoms with Crippen molar-refractivity contribution in [2.24, 2.45) is 5.92 Å². The summed E-state index contributed by atoms with van der Waals surface area (Å²) in [6.45, 7) is 6.78. The summed E-state index contributed by atoms with van der Waals surface area (Å²) in [7, 11) is 0. The maximum atomic E-state index is 12.6. The number of carbonyl (C=O) groups is 4. The Morgan fingerprint density at radius 1 is 0.973 bits per heavy atom. The molecule has 2 aliphatic rings. The van der Waals surface area contributed by atoms with Gasteiger partial charge in [-0.3, -0.25) is 14.4 Å². The van der Waals surface area contributed by atoms with Gasteiger partial charge in [0.25, 0.3) is 0 Å². The Balaban J connectivity index is 0.000000208. The Morgan fingerprint density at radius 3 is 2.11 bits per heavy atom. The van der Waals surface area contributed by atoms with Gasteiger partial charge in [0.1, 0.15) is 11.9 Å². The van der Waals surface area contributed by atoms with Crippen LogP contribution in [-0.4, -0.2) is 48.8 Å². The number of ether oxygens (including phenoxy) is 1. The van der Waals surface area contributed by atoms with Crippen molar-refractivity contribution in [1.29, 1.82) is 0 Å². The summed E-state index contributed by atoms with van der Waals surface area (Å²) in [6.07, 6.45) is 7.26. The molecule has 1 saturated carbocycles. The zero-order valence-corrected chi connectivity index (χ0v) is 21.7. The number of aliphatic carboxylic acids is 1. The lowest BCUT2D eigenvalue weighted by molar-refractivity contribution is -0.147. The fraction of sp³-hybridized carbons (Fsp3) is 0.448. The van der Waals surface area contributed by atoms with Gasteiger partial charge in [-0.1, -0.05) is 25.0 Å². The number of carbonyl (C=O) groups excluding carboxylic acids is 3. The van der Waals surface area contributed by atoms with E-state index >= 15 is 0 Å². The molecule has 1 atom stereocenters. The van der Waals surface area contributed by atoms with Gasteiger partial charge in [0.15, 0.2) is 12.6 Å². The molecule has 1 heterocycles. The number of esters is 1. The number of anilines is 1. The van der Waals surface area contributed by atoms with Gasteiger partial charge in [-0.2, -0.15) is 0 Å². The number of aldehydes is 2. The number of rotatable bonds is 6. The van der Waals surface area contributed by atoms with Gasteiger partial charge in [0.05, 0.1) is 18.1 Å². The molecule has 4 rings (SSSR count). The van der Waals surface area contributed by atoms with Crippen molar-refractivity contribution < 1.29 is 33.4 Å². The van der Waals surface area contributed by atoms with Crippen molar-refractivity contribution >= 4 is 30.2 Å². The Kier molecular flexibility index (Phi) is 11.9. The minimum atomic E-state index is -0.819. The van der Waals surface area contributed by atoms with Crippen LogP contribution in [0.5, 0.6) is 0 Å². The average Bonchev–Trinajstić information content (AvgIpc) is 3.58. The van der Waals surface area contributed by atoms with E-state index in [1.165, 1.54) is 25.0 Å². The summed E-state index contributed by atoms with van der Waals surface area (Å²) in [5.74, 6) is -1.03. The number of aryl methyl sites for hydroxylation is 2. The Bertz CT molecular complexity index is 1080. The summed E-state index contributed by atoms with van der Waals surface area (Å²) in [6, 6.07) is 9.49. The highest BCUT2D eigenvalue weighted by molar-refractivity contribution is 5.88. The first-order valence-electron chi connectivity index (χ1n) is 12.6. The van der Waals surface area contributed by atoms with E-state index in [1.54, 1.807) is 19.1 Å². The van der Waals surface area contributed by atoms with Crippen LogP contribution < -0.4 is 4.90 Å². The van der Waals surface area contributed by atoms with Crippen LogP contribution in [0, 0.1) is 25.6 Å². The zero-order valence-electron chi connectivity index (χ0n) is 21.7. The highest BCUT2D eigenvalue weighted by Gasteiger charge is 2.31. The number of halogens is 1. The van der Waals surface area contributed by atoms with Crippen LogP contribution in [0.3, 0.4) is 0 Å². The molecule has 1 saturated heterocycles. The molecule has 8 heteroatoms. The van der Waals surface area contributed by atoms with E-state index in [2.05, 4.69) is 0 Å². The number of nitrogens with zero attached hydrogens (tertiary/aromatic N) is 1. The van der Waals surface area contributed by atoms with Gasteiger partial charge in [-0.15, -0.1) is 0 Å². The molecule has 0 aromatic heterocycles. The van der Waals surface area contributed by atoms with Crippen LogP contribution in [-0.2, 0) is 14.3 Å². The second kappa shape index (κ2) is 14.9. The predicted molar refractivity (Wildman–Crippen MR) is 140 cm³/mol. The largest absolute Gasteiger partial charge is 0.480 e. The van der Waals surface area contributed by atoms with E-state index in [9.17, 15) is 23.6 Å². The Morgan fingerprint density at radius 2 is 1.57 bits per heavy atom. The van der Waals surface area contributed by atoms with Gasteiger partial charge in [0, 0.05) is 17.8 Å². The molecule has 0 amide bonds. The van der Waals surface area contributed by atoms with Gasteiger partial charge in [-0.25, -0.2) is 9.18 Å². The number of benzene rings is 2. The summed E-state index contributed by atoms with van der Waals surface area (Å²) in [5, 5.41) is 9.15. The smallest absolute Gasteiger partial charge is 0.326 e. The van der Waals surface area contributed by atoms with E-state index in [0.29, 0.717) is 31.4 Å². The third-order valence-corrected chi connectivity index (χ3v) is 6.42. The first kappa shape index (κ1) is 29.7. The molecule has 1 aliphatic heterocycles. The number of hydrogen-bond acceptors (Lipinski definition) is 6. The molecular formula is C29H36FNO6. The molecular weight excluding hydrogens is 477 g/mol. The summed E-state index contributed by atoms with van der Waals surface area (Å²) in [4.78, 5) is 45.1. The zero-order chi connectivity index (χ0) is 27.4. The minimum absolute atomic E-state index is 0.0139. The lowest BCUT2D eigenvalue weighted by Crippen LogP contribution is -2.36. The SMILES string of the molecule is CCOC(=O)C1CCCC1.Cc1ccc(C=O)c(F)c1.Cc1ccc(C=O)c(N2CCCC2C(=O)O)c1. The normalized spacial score (nSPS) is 16.6. The van der Waals surface area contributed by atoms with Crippen molar-refractivity contribution in [1.82, 2.24) is 0 Å². The third-order valence-electron chi connectivity index (χ3n) is 6.42. The molecule has 37 heavy (non-hydrogen) atoms. The molecule has 0 spiro atoms. The molecule has 1 N–H and O–H groups in total. The summed E-state index contributed by atoms with van der Waals surface area (Å²) < 4.78 is 17.5. The summed E-state index contributed by atoms with van der Waals surface area (Å²) >= 11 is 0. The molecule has 1 aliphatic carbocycles. The predicted octanol–water partition coefficient (Wildman–Crippen LogP) is 5.55. The molecule has 7 nitrogen and oxygen atoms in total. The van der Waals surface area contributed by atoms with Crippen molar-refractivity contribution in [2.75, 3.05) is 18.1 Å². The molecule has 0 radical (unpaired) electrons. The van der Waals surface area contributed by atoms with Crippen LogP contribution in [0.25, 0.3) is 0 Å². The van der Waals surface area contributed by atoms with E-state index in [-0.39, 0.29) is 17.5 Å².